The number of alkyl halides is 3. The summed E-state index contributed by atoms with van der Waals surface area (Å²) >= 11 is 1.35. The molecule has 8 nitrogen and oxygen atoms in total. The van der Waals surface area contributed by atoms with E-state index in [1.54, 1.807) is 6.92 Å². The van der Waals surface area contributed by atoms with Crippen molar-refractivity contribution in [1.82, 2.24) is 29.2 Å². The fourth-order valence-electron chi connectivity index (χ4n) is 3.11. The molecular weight excluding hydrogens is 381 g/mol. The van der Waals surface area contributed by atoms with Crippen LogP contribution in [0.1, 0.15) is 22.8 Å². The van der Waals surface area contributed by atoms with Gasteiger partial charge in [-0.1, -0.05) is 0 Å². The Morgan fingerprint density at radius 2 is 1.59 bits per heavy atom. The van der Waals surface area contributed by atoms with E-state index in [1.807, 2.05) is 18.7 Å². The van der Waals surface area contributed by atoms with Gasteiger partial charge in [-0.05, 0) is 20.8 Å². The number of rotatable bonds is 2. The summed E-state index contributed by atoms with van der Waals surface area (Å²) in [5.41, 5.74) is 1.58. The van der Waals surface area contributed by atoms with Gasteiger partial charge in [-0.25, -0.2) is 4.98 Å². The topological polar surface area (TPSA) is 75.3 Å². The molecule has 144 valence electrons. The Labute approximate surface area is 156 Å². The summed E-state index contributed by atoms with van der Waals surface area (Å²) < 4.78 is 44.6. The Morgan fingerprint density at radius 3 is 2.19 bits per heavy atom. The second-order valence-electron chi connectivity index (χ2n) is 6.43. The minimum absolute atomic E-state index is 0.131. The average Bonchev–Trinajstić information content (AvgIpc) is 3.24. The highest BCUT2D eigenvalue weighted by Crippen LogP contribution is 2.31. The molecule has 0 unspecified atom stereocenters. The largest absolute Gasteiger partial charge is 0.453 e. The van der Waals surface area contributed by atoms with Crippen LogP contribution in [-0.4, -0.2) is 55.3 Å². The first-order chi connectivity index (χ1) is 12.8. The lowest BCUT2D eigenvalue weighted by molar-refractivity contribution is -0.146. The summed E-state index contributed by atoms with van der Waals surface area (Å²) in [5, 5.41) is 12.1. The van der Waals surface area contributed by atoms with Crippen molar-refractivity contribution in [2.24, 2.45) is 0 Å². The fraction of sp³-hybridized carbons (Fsp3) is 0.533. The monoisotopic (exact) mass is 398 g/mol. The van der Waals surface area contributed by atoms with Gasteiger partial charge in [-0.2, -0.15) is 22.1 Å². The van der Waals surface area contributed by atoms with E-state index in [4.69, 9.17) is 0 Å². The van der Waals surface area contributed by atoms with E-state index in [0.717, 1.165) is 21.0 Å². The predicted octanol–water partition coefficient (Wildman–Crippen LogP) is 2.25. The van der Waals surface area contributed by atoms with Crippen LogP contribution in [0.4, 0.5) is 24.1 Å². The van der Waals surface area contributed by atoms with E-state index in [1.165, 1.54) is 11.5 Å². The zero-order chi connectivity index (χ0) is 19.3. The van der Waals surface area contributed by atoms with Crippen LogP contribution in [0.25, 0.3) is 5.65 Å². The van der Waals surface area contributed by atoms with Crippen LogP contribution < -0.4 is 9.80 Å². The van der Waals surface area contributed by atoms with Crippen molar-refractivity contribution in [3.63, 3.8) is 0 Å². The van der Waals surface area contributed by atoms with E-state index in [2.05, 4.69) is 29.6 Å². The van der Waals surface area contributed by atoms with Gasteiger partial charge < -0.3 is 9.80 Å². The zero-order valence-corrected chi connectivity index (χ0v) is 15.8. The lowest BCUT2D eigenvalue weighted by atomic mass is 10.1. The van der Waals surface area contributed by atoms with Gasteiger partial charge in [0.2, 0.25) is 5.13 Å². The summed E-state index contributed by atoms with van der Waals surface area (Å²) in [6.07, 6.45) is -4.61. The van der Waals surface area contributed by atoms with Crippen LogP contribution in [0.15, 0.2) is 0 Å². The summed E-state index contributed by atoms with van der Waals surface area (Å²) in [6, 6.07) is 0. The van der Waals surface area contributed by atoms with Crippen molar-refractivity contribution >= 4 is 28.1 Å². The molecule has 12 heteroatoms. The summed E-state index contributed by atoms with van der Waals surface area (Å²) in [4.78, 5) is 8.51. The number of halogens is 3. The maximum atomic E-state index is 13.2. The Morgan fingerprint density at radius 1 is 0.926 bits per heavy atom. The van der Waals surface area contributed by atoms with E-state index in [0.29, 0.717) is 37.6 Å². The molecule has 0 aliphatic carbocycles. The van der Waals surface area contributed by atoms with Gasteiger partial charge in [-0.3, -0.25) is 0 Å². The predicted molar refractivity (Wildman–Crippen MR) is 94.3 cm³/mol. The second kappa shape index (κ2) is 6.29. The Kier molecular flexibility index (Phi) is 4.17. The molecule has 0 saturated carbocycles. The fourth-order valence-corrected chi connectivity index (χ4v) is 3.84. The first-order valence-corrected chi connectivity index (χ1v) is 9.13. The third-order valence-corrected chi connectivity index (χ3v) is 5.56. The first kappa shape index (κ1) is 17.9. The van der Waals surface area contributed by atoms with Crippen LogP contribution >= 0.6 is 11.5 Å². The SMILES string of the molecule is Cc1nsc(N2CCN(c3nn4c(C(F)(F)F)nnc4c(C)c3C)CC2)n1. The third-order valence-electron chi connectivity index (χ3n) is 4.69. The number of anilines is 2. The molecule has 4 rings (SSSR count). The number of hydrogen-bond donors (Lipinski definition) is 0. The molecule has 1 fully saturated rings. The first-order valence-electron chi connectivity index (χ1n) is 8.35. The number of piperazine rings is 1. The molecule has 3 aromatic heterocycles. The highest BCUT2D eigenvalue weighted by atomic mass is 32.1. The molecule has 4 heterocycles. The summed E-state index contributed by atoms with van der Waals surface area (Å²) in [7, 11) is 0. The highest BCUT2D eigenvalue weighted by Gasteiger charge is 2.38. The van der Waals surface area contributed by atoms with Crippen LogP contribution in [-0.2, 0) is 6.18 Å². The van der Waals surface area contributed by atoms with Gasteiger partial charge in [0, 0.05) is 48.8 Å². The highest BCUT2D eigenvalue weighted by molar-refractivity contribution is 7.09. The van der Waals surface area contributed by atoms with Crippen LogP contribution in [0.3, 0.4) is 0 Å². The normalized spacial score (nSPS) is 15.8. The standard InChI is InChI=1S/C15H17F3N8S/c1-8-9(2)12(22-26-11(8)20-21-13(26)15(16,17)18)24-4-6-25(7-5-24)14-19-10(3)23-27-14/h4-7H2,1-3H3. The third kappa shape index (κ3) is 3.07. The molecule has 1 saturated heterocycles. The number of fused-ring (bicyclic) bond motifs is 1. The van der Waals surface area contributed by atoms with Crippen molar-refractivity contribution in [2.75, 3.05) is 36.0 Å². The number of aryl methyl sites for hydroxylation is 2. The van der Waals surface area contributed by atoms with Crippen LogP contribution in [0.5, 0.6) is 0 Å². The molecule has 27 heavy (non-hydrogen) atoms. The molecular formula is C15H17F3N8S. The van der Waals surface area contributed by atoms with Gasteiger partial charge in [-0.15, -0.1) is 15.3 Å². The van der Waals surface area contributed by atoms with Gasteiger partial charge >= 0.3 is 6.18 Å². The van der Waals surface area contributed by atoms with Crippen molar-refractivity contribution in [1.29, 1.82) is 0 Å². The lowest BCUT2D eigenvalue weighted by Crippen LogP contribution is -2.47. The van der Waals surface area contributed by atoms with Gasteiger partial charge in [0.15, 0.2) is 11.5 Å². The quantitative estimate of drug-likeness (QED) is 0.655. The lowest BCUT2D eigenvalue weighted by Gasteiger charge is -2.35. The molecule has 0 amide bonds. The van der Waals surface area contributed by atoms with Gasteiger partial charge in [0.05, 0.1) is 0 Å². The minimum Gasteiger partial charge on any atom is -0.351 e. The summed E-state index contributed by atoms with van der Waals surface area (Å²) in [6.45, 7) is 8.08. The van der Waals surface area contributed by atoms with Crippen LogP contribution in [0, 0.1) is 20.8 Å². The number of hydrogen-bond acceptors (Lipinski definition) is 8. The van der Waals surface area contributed by atoms with Crippen molar-refractivity contribution in [3.05, 3.63) is 22.8 Å². The van der Waals surface area contributed by atoms with Crippen molar-refractivity contribution in [2.45, 2.75) is 26.9 Å². The molecule has 1 aliphatic heterocycles. The maximum Gasteiger partial charge on any atom is 0.453 e. The molecule has 0 spiro atoms. The average molecular weight is 398 g/mol. The van der Waals surface area contributed by atoms with E-state index in [-0.39, 0.29) is 5.65 Å². The molecule has 0 bridgehead atoms. The van der Waals surface area contributed by atoms with E-state index in [9.17, 15) is 13.2 Å². The Bertz CT molecular complexity index is 987. The molecule has 0 aromatic carbocycles. The molecule has 3 aromatic rings. The number of aromatic nitrogens is 6. The van der Waals surface area contributed by atoms with E-state index >= 15 is 0 Å². The molecule has 0 radical (unpaired) electrons. The van der Waals surface area contributed by atoms with Crippen LogP contribution in [0.2, 0.25) is 0 Å². The van der Waals surface area contributed by atoms with E-state index < -0.39 is 12.0 Å². The summed E-state index contributed by atoms with van der Waals surface area (Å²) in [5.74, 6) is 0.159. The van der Waals surface area contributed by atoms with Crippen molar-refractivity contribution < 1.29 is 13.2 Å². The molecule has 0 N–H and O–H groups in total. The van der Waals surface area contributed by atoms with Gasteiger partial charge in [0.25, 0.3) is 5.82 Å². The molecule has 1 aliphatic rings. The van der Waals surface area contributed by atoms with Crippen molar-refractivity contribution in [3.8, 4) is 0 Å². The molecule has 0 atom stereocenters. The maximum absolute atomic E-state index is 13.2. The smallest absolute Gasteiger partial charge is 0.351 e. The Balaban J connectivity index is 1.65. The second-order valence-corrected chi connectivity index (χ2v) is 7.16. The minimum atomic E-state index is -4.61. The Hall–Kier alpha value is -2.50. The van der Waals surface area contributed by atoms with Gasteiger partial charge in [0.1, 0.15) is 5.82 Å². The number of nitrogens with zero attached hydrogens (tertiary/aromatic N) is 8. The zero-order valence-electron chi connectivity index (χ0n) is 14.9.